The summed E-state index contributed by atoms with van der Waals surface area (Å²) >= 11 is 1.75. The van der Waals surface area contributed by atoms with E-state index in [1.807, 2.05) is 17.9 Å². The fourth-order valence-corrected chi connectivity index (χ4v) is 1.92. The first-order valence-electron chi connectivity index (χ1n) is 5.27. The van der Waals surface area contributed by atoms with Crippen LogP contribution in [0.3, 0.4) is 0 Å². The summed E-state index contributed by atoms with van der Waals surface area (Å²) in [6, 6.07) is -0.197. The molecule has 0 aromatic carbocycles. The zero-order valence-corrected chi connectivity index (χ0v) is 10.6. The van der Waals surface area contributed by atoms with Gasteiger partial charge in [0.25, 0.3) is 0 Å². The van der Waals surface area contributed by atoms with Crippen molar-refractivity contribution in [2.75, 3.05) is 12.0 Å². The van der Waals surface area contributed by atoms with Crippen molar-refractivity contribution < 1.29 is 4.52 Å². The van der Waals surface area contributed by atoms with Crippen LogP contribution in [-0.2, 0) is 7.05 Å². The maximum atomic E-state index is 5.95. The van der Waals surface area contributed by atoms with Gasteiger partial charge in [-0.25, -0.2) is 4.98 Å². The Kier molecular flexibility index (Phi) is 3.80. The fraction of sp³-hybridized carbons (Fsp3) is 0.500. The third kappa shape index (κ3) is 2.67. The molecule has 0 aliphatic heterocycles. The Morgan fingerprint density at radius 1 is 1.59 bits per heavy atom. The minimum atomic E-state index is -0.197. The van der Waals surface area contributed by atoms with Crippen LogP contribution >= 0.6 is 11.8 Å². The van der Waals surface area contributed by atoms with Gasteiger partial charge in [0.1, 0.15) is 5.69 Å². The highest BCUT2D eigenvalue weighted by Gasteiger charge is 2.16. The van der Waals surface area contributed by atoms with Gasteiger partial charge in [0.15, 0.2) is 0 Å². The van der Waals surface area contributed by atoms with Gasteiger partial charge in [-0.1, -0.05) is 5.16 Å². The van der Waals surface area contributed by atoms with E-state index in [0.717, 1.165) is 17.9 Å². The second-order valence-electron chi connectivity index (χ2n) is 3.73. The Labute approximate surface area is 104 Å². The standard InChI is InChI=1S/C10H15N5OS/c1-15-6-12-5-8(15)9-13-10(16-14-9)7(11)3-4-17-2/h5-7H,3-4,11H2,1-2H3/t7-/m0/s1. The molecule has 92 valence electrons. The number of hydrogen-bond donors (Lipinski definition) is 1. The van der Waals surface area contributed by atoms with Gasteiger partial charge in [-0.05, 0) is 18.4 Å². The monoisotopic (exact) mass is 253 g/mol. The van der Waals surface area contributed by atoms with Crippen LogP contribution < -0.4 is 5.73 Å². The lowest BCUT2D eigenvalue weighted by Gasteiger charge is -2.03. The number of hydrogen-bond acceptors (Lipinski definition) is 6. The number of nitrogens with two attached hydrogens (primary N) is 1. The van der Waals surface area contributed by atoms with Gasteiger partial charge < -0.3 is 14.8 Å². The minimum Gasteiger partial charge on any atom is -0.337 e. The van der Waals surface area contributed by atoms with Crippen LogP contribution in [0.5, 0.6) is 0 Å². The van der Waals surface area contributed by atoms with Crippen molar-refractivity contribution in [1.82, 2.24) is 19.7 Å². The SMILES string of the molecule is CSCC[C@H](N)c1nc(-c2cncn2C)no1. The second kappa shape index (κ2) is 5.33. The summed E-state index contributed by atoms with van der Waals surface area (Å²) in [5, 5.41) is 3.91. The summed E-state index contributed by atoms with van der Waals surface area (Å²) in [6.07, 6.45) is 6.26. The predicted molar refractivity (Wildman–Crippen MR) is 66.4 cm³/mol. The second-order valence-corrected chi connectivity index (χ2v) is 4.72. The summed E-state index contributed by atoms with van der Waals surface area (Å²) in [5.41, 5.74) is 6.77. The third-order valence-corrected chi connectivity index (χ3v) is 3.08. The maximum absolute atomic E-state index is 5.95. The molecule has 2 N–H and O–H groups in total. The molecule has 0 aliphatic rings. The van der Waals surface area contributed by atoms with Crippen LogP contribution in [0.4, 0.5) is 0 Å². The average Bonchev–Trinajstić information content (AvgIpc) is 2.93. The Hall–Kier alpha value is -1.34. The predicted octanol–water partition coefficient (Wildman–Crippen LogP) is 1.22. The normalized spacial score (nSPS) is 12.9. The van der Waals surface area contributed by atoms with Crippen molar-refractivity contribution >= 4 is 11.8 Å². The van der Waals surface area contributed by atoms with Crippen LogP contribution in [-0.4, -0.2) is 31.7 Å². The van der Waals surface area contributed by atoms with Gasteiger partial charge in [-0.2, -0.15) is 16.7 Å². The average molecular weight is 253 g/mol. The molecule has 0 saturated carbocycles. The van der Waals surface area contributed by atoms with Crippen molar-refractivity contribution in [2.24, 2.45) is 12.8 Å². The van der Waals surface area contributed by atoms with Crippen LogP contribution in [0.25, 0.3) is 11.5 Å². The van der Waals surface area contributed by atoms with E-state index in [0.29, 0.717) is 11.7 Å². The van der Waals surface area contributed by atoms with E-state index in [-0.39, 0.29) is 6.04 Å². The van der Waals surface area contributed by atoms with Crippen LogP contribution in [0.2, 0.25) is 0 Å². The number of imidazole rings is 1. The van der Waals surface area contributed by atoms with E-state index in [4.69, 9.17) is 10.3 Å². The Bertz CT molecular complexity index is 481. The topological polar surface area (TPSA) is 82.8 Å². The largest absolute Gasteiger partial charge is 0.337 e. The Balaban J connectivity index is 2.13. The lowest BCUT2D eigenvalue weighted by molar-refractivity contribution is 0.353. The van der Waals surface area contributed by atoms with E-state index in [2.05, 4.69) is 15.1 Å². The van der Waals surface area contributed by atoms with Crippen LogP contribution in [0.1, 0.15) is 18.4 Å². The number of thioether (sulfide) groups is 1. The van der Waals surface area contributed by atoms with E-state index >= 15 is 0 Å². The highest BCUT2D eigenvalue weighted by molar-refractivity contribution is 7.98. The molecule has 2 rings (SSSR count). The lowest BCUT2D eigenvalue weighted by Crippen LogP contribution is -2.11. The van der Waals surface area contributed by atoms with Gasteiger partial charge in [-0.3, -0.25) is 0 Å². The molecule has 0 radical (unpaired) electrons. The summed E-state index contributed by atoms with van der Waals surface area (Å²) in [5.74, 6) is 1.99. The van der Waals surface area contributed by atoms with Gasteiger partial charge in [-0.15, -0.1) is 0 Å². The zero-order chi connectivity index (χ0) is 12.3. The van der Waals surface area contributed by atoms with E-state index in [9.17, 15) is 0 Å². The van der Waals surface area contributed by atoms with Crippen molar-refractivity contribution in [3.05, 3.63) is 18.4 Å². The highest BCUT2D eigenvalue weighted by Crippen LogP contribution is 2.19. The molecule has 0 spiro atoms. The first kappa shape index (κ1) is 12.1. The maximum Gasteiger partial charge on any atom is 0.243 e. The molecule has 17 heavy (non-hydrogen) atoms. The highest BCUT2D eigenvalue weighted by atomic mass is 32.2. The molecule has 0 amide bonds. The quantitative estimate of drug-likeness (QED) is 0.862. The third-order valence-electron chi connectivity index (χ3n) is 2.44. The molecule has 7 heteroatoms. The molecular weight excluding hydrogens is 238 g/mol. The molecule has 0 unspecified atom stereocenters. The fourth-order valence-electron chi connectivity index (χ4n) is 1.43. The number of rotatable bonds is 5. The number of aryl methyl sites for hydroxylation is 1. The van der Waals surface area contributed by atoms with Crippen molar-refractivity contribution in [1.29, 1.82) is 0 Å². The molecule has 0 bridgehead atoms. The van der Waals surface area contributed by atoms with Crippen molar-refractivity contribution in [2.45, 2.75) is 12.5 Å². The molecule has 6 nitrogen and oxygen atoms in total. The Morgan fingerprint density at radius 2 is 2.41 bits per heavy atom. The van der Waals surface area contributed by atoms with Gasteiger partial charge in [0.2, 0.25) is 11.7 Å². The molecule has 0 aliphatic carbocycles. The molecule has 2 aromatic heterocycles. The van der Waals surface area contributed by atoms with Crippen LogP contribution in [0, 0.1) is 0 Å². The summed E-state index contributed by atoms with van der Waals surface area (Å²) in [6.45, 7) is 0. The first-order chi connectivity index (χ1) is 8.22. The summed E-state index contributed by atoms with van der Waals surface area (Å²) in [7, 11) is 1.88. The van der Waals surface area contributed by atoms with Gasteiger partial charge in [0.05, 0.1) is 18.6 Å². The molecule has 0 fully saturated rings. The van der Waals surface area contributed by atoms with Gasteiger partial charge in [0, 0.05) is 7.05 Å². The van der Waals surface area contributed by atoms with Crippen molar-refractivity contribution in [3.8, 4) is 11.5 Å². The number of nitrogens with zero attached hydrogens (tertiary/aromatic N) is 4. The van der Waals surface area contributed by atoms with E-state index < -0.39 is 0 Å². The van der Waals surface area contributed by atoms with Gasteiger partial charge >= 0.3 is 0 Å². The minimum absolute atomic E-state index is 0.197. The number of aromatic nitrogens is 4. The van der Waals surface area contributed by atoms with E-state index in [1.165, 1.54) is 0 Å². The summed E-state index contributed by atoms with van der Waals surface area (Å²) < 4.78 is 7.00. The van der Waals surface area contributed by atoms with E-state index in [1.54, 1.807) is 24.3 Å². The molecule has 2 aromatic rings. The molecule has 0 saturated heterocycles. The van der Waals surface area contributed by atoms with Crippen LogP contribution in [0.15, 0.2) is 17.0 Å². The van der Waals surface area contributed by atoms with Crippen molar-refractivity contribution in [3.63, 3.8) is 0 Å². The lowest BCUT2D eigenvalue weighted by atomic mass is 10.2. The molecule has 1 atom stereocenters. The molecule has 2 heterocycles. The first-order valence-corrected chi connectivity index (χ1v) is 6.66. The zero-order valence-electron chi connectivity index (χ0n) is 9.83. The smallest absolute Gasteiger partial charge is 0.243 e. The Morgan fingerprint density at radius 3 is 3.06 bits per heavy atom. The molecular formula is C10H15N5OS. The summed E-state index contributed by atoms with van der Waals surface area (Å²) in [4.78, 5) is 8.30.